The first kappa shape index (κ1) is 17.3. The zero-order chi connectivity index (χ0) is 17.4. The van der Waals surface area contributed by atoms with Crippen molar-refractivity contribution in [2.75, 3.05) is 0 Å². The quantitative estimate of drug-likeness (QED) is 0.912. The van der Waals surface area contributed by atoms with Crippen molar-refractivity contribution in [3.8, 4) is 5.69 Å². The molecular weight excluding hydrogens is 335 g/mol. The summed E-state index contributed by atoms with van der Waals surface area (Å²) in [5.41, 5.74) is -0.998. The first-order chi connectivity index (χ1) is 10.6. The fourth-order valence-corrected chi connectivity index (χ4v) is 2.33. The van der Waals surface area contributed by atoms with E-state index in [2.05, 4.69) is 10.3 Å². The van der Waals surface area contributed by atoms with E-state index in [1.165, 1.54) is 6.07 Å². The van der Waals surface area contributed by atoms with Crippen molar-refractivity contribution >= 4 is 17.6 Å². The molecule has 23 heavy (non-hydrogen) atoms. The van der Waals surface area contributed by atoms with E-state index in [9.17, 15) is 18.0 Å². The van der Waals surface area contributed by atoms with Gasteiger partial charge in [0.05, 0.1) is 22.0 Å². The summed E-state index contributed by atoms with van der Waals surface area (Å²) in [5, 5.41) is 16.0. The number of aromatic carboxylic acids is 1. The van der Waals surface area contributed by atoms with Crippen LogP contribution in [0.5, 0.6) is 0 Å². The maximum atomic E-state index is 13.0. The predicted octanol–water partition coefficient (Wildman–Crippen LogP) is 3.84. The number of nitrogens with zero attached hydrogens (tertiary/aromatic N) is 3. The summed E-state index contributed by atoms with van der Waals surface area (Å²) < 4.78 is 40.0. The van der Waals surface area contributed by atoms with Crippen LogP contribution < -0.4 is 0 Å². The minimum atomic E-state index is -4.62. The molecule has 2 rings (SSSR count). The summed E-state index contributed by atoms with van der Waals surface area (Å²) in [7, 11) is 0. The second-order valence-electron chi connectivity index (χ2n) is 5.36. The average Bonchev–Trinajstić information content (AvgIpc) is 2.81. The van der Waals surface area contributed by atoms with Gasteiger partial charge in [0.1, 0.15) is 0 Å². The van der Waals surface area contributed by atoms with E-state index in [4.69, 9.17) is 16.7 Å². The molecule has 0 saturated carbocycles. The van der Waals surface area contributed by atoms with Gasteiger partial charge in [-0.25, -0.2) is 9.48 Å². The SMILES string of the molecule is CC(C)Cc1c(C(=O)O)nnn1-c1ccc(Cl)c(C(F)(F)F)c1. The maximum absolute atomic E-state index is 13.0. The van der Waals surface area contributed by atoms with Crippen LogP contribution in [0.15, 0.2) is 18.2 Å². The highest BCUT2D eigenvalue weighted by Gasteiger charge is 2.34. The lowest BCUT2D eigenvalue weighted by Crippen LogP contribution is -2.11. The van der Waals surface area contributed by atoms with E-state index in [1.807, 2.05) is 13.8 Å². The highest BCUT2D eigenvalue weighted by molar-refractivity contribution is 6.31. The van der Waals surface area contributed by atoms with Gasteiger partial charge in [-0.2, -0.15) is 13.2 Å². The third-order valence-electron chi connectivity index (χ3n) is 3.07. The number of aromatic nitrogens is 3. The number of alkyl halides is 3. The molecule has 1 aromatic carbocycles. The van der Waals surface area contributed by atoms with Crippen molar-refractivity contribution in [3.05, 3.63) is 40.2 Å². The lowest BCUT2D eigenvalue weighted by molar-refractivity contribution is -0.137. The molecule has 5 nitrogen and oxygen atoms in total. The summed E-state index contributed by atoms with van der Waals surface area (Å²) in [6.07, 6.45) is -4.32. The molecule has 9 heteroatoms. The number of carbonyl (C=O) groups is 1. The number of rotatable bonds is 4. The Morgan fingerprint density at radius 1 is 1.39 bits per heavy atom. The standard InChI is InChI=1S/C14H13ClF3N3O2/c1-7(2)5-11-12(13(22)23)19-20-21(11)8-3-4-10(15)9(6-8)14(16,17)18/h3-4,6-7H,5H2,1-2H3,(H,22,23). The Bertz CT molecular complexity index is 741. The van der Waals surface area contributed by atoms with Gasteiger partial charge in [-0.15, -0.1) is 5.10 Å². The number of hydrogen-bond donors (Lipinski definition) is 1. The third-order valence-corrected chi connectivity index (χ3v) is 3.40. The average molecular weight is 348 g/mol. The predicted molar refractivity (Wildman–Crippen MR) is 76.9 cm³/mol. The van der Waals surface area contributed by atoms with Crippen LogP contribution in [0, 0.1) is 5.92 Å². The molecule has 0 radical (unpaired) electrons. The van der Waals surface area contributed by atoms with Crippen LogP contribution in [0.3, 0.4) is 0 Å². The molecule has 1 heterocycles. The van der Waals surface area contributed by atoms with E-state index < -0.39 is 22.7 Å². The molecular formula is C14H13ClF3N3O2. The second-order valence-corrected chi connectivity index (χ2v) is 5.77. The highest BCUT2D eigenvalue weighted by atomic mass is 35.5. The van der Waals surface area contributed by atoms with Crippen molar-refractivity contribution in [1.29, 1.82) is 0 Å². The van der Waals surface area contributed by atoms with Crippen LogP contribution in [0.4, 0.5) is 13.2 Å². The Kier molecular flexibility index (Phi) is 4.65. The number of carboxylic acid groups (broad SMARTS) is 1. The molecule has 0 spiro atoms. The van der Waals surface area contributed by atoms with Crippen LogP contribution >= 0.6 is 11.6 Å². The zero-order valence-electron chi connectivity index (χ0n) is 12.2. The van der Waals surface area contributed by atoms with Gasteiger partial charge in [0.25, 0.3) is 0 Å². The van der Waals surface area contributed by atoms with Gasteiger partial charge >= 0.3 is 12.1 Å². The number of halogens is 4. The fourth-order valence-electron chi connectivity index (χ4n) is 2.11. The van der Waals surface area contributed by atoms with Gasteiger partial charge in [0.2, 0.25) is 0 Å². The van der Waals surface area contributed by atoms with Crippen LogP contribution in [-0.4, -0.2) is 26.1 Å². The summed E-state index contributed by atoms with van der Waals surface area (Å²) in [5.74, 6) is -1.21. The van der Waals surface area contributed by atoms with Crippen molar-refractivity contribution in [2.24, 2.45) is 5.92 Å². The fraction of sp³-hybridized carbons (Fsp3) is 0.357. The van der Waals surface area contributed by atoms with Gasteiger partial charge in [-0.05, 0) is 30.5 Å². The normalized spacial score (nSPS) is 12.0. The Morgan fingerprint density at radius 3 is 2.57 bits per heavy atom. The Morgan fingerprint density at radius 2 is 2.04 bits per heavy atom. The zero-order valence-corrected chi connectivity index (χ0v) is 13.0. The van der Waals surface area contributed by atoms with Crippen molar-refractivity contribution in [3.63, 3.8) is 0 Å². The highest BCUT2D eigenvalue weighted by Crippen LogP contribution is 2.36. The molecule has 124 valence electrons. The molecule has 2 aromatic rings. The molecule has 0 aliphatic heterocycles. The minimum Gasteiger partial charge on any atom is -0.476 e. The largest absolute Gasteiger partial charge is 0.476 e. The minimum absolute atomic E-state index is 0.0531. The smallest absolute Gasteiger partial charge is 0.417 e. The molecule has 0 bridgehead atoms. The second kappa shape index (κ2) is 6.19. The van der Waals surface area contributed by atoms with Gasteiger partial charge in [-0.1, -0.05) is 30.7 Å². The van der Waals surface area contributed by atoms with Crippen molar-refractivity contribution in [1.82, 2.24) is 15.0 Å². The topological polar surface area (TPSA) is 68.0 Å². The Hall–Kier alpha value is -2.09. The summed E-state index contributed by atoms with van der Waals surface area (Å²) in [4.78, 5) is 11.2. The van der Waals surface area contributed by atoms with Crippen molar-refractivity contribution < 1.29 is 23.1 Å². The molecule has 0 unspecified atom stereocenters. The number of carboxylic acids is 1. The van der Waals surface area contributed by atoms with Gasteiger partial charge in [-0.3, -0.25) is 0 Å². The lowest BCUT2D eigenvalue weighted by atomic mass is 10.1. The summed E-state index contributed by atoms with van der Waals surface area (Å²) in [6.45, 7) is 3.71. The molecule has 0 saturated heterocycles. The van der Waals surface area contributed by atoms with Crippen LogP contribution in [-0.2, 0) is 12.6 Å². The summed E-state index contributed by atoms with van der Waals surface area (Å²) >= 11 is 5.59. The number of benzene rings is 1. The van der Waals surface area contributed by atoms with E-state index >= 15 is 0 Å². The molecule has 1 N–H and O–H groups in total. The maximum Gasteiger partial charge on any atom is 0.417 e. The van der Waals surface area contributed by atoms with Crippen LogP contribution in [0.25, 0.3) is 5.69 Å². The Labute approximate surface area is 134 Å². The first-order valence-electron chi connectivity index (χ1n) is 6.66. The first-order valence-corrected chi connectivity index (χ1v) is 7.04. The lowest BCUT2D eigenvalue weighted by Gasteiger charge is -2.13. The number of hydrogen-bond acceptors (Lipinski definition) is 3. The van der Waals surface area contributed by atoms with E-state index in [0.29, 0.717) is 6.42 Å². The molecule has 1 aromatic heterocycles. The third kappa shape index (κ3) is 3.64. The van der Waals surface area contributed by atoms with Gasteiger partial charge in [0, 0.05) is 0 Å². The van der Waals surface area contributed by atoms with E-state index in [1.54, 1.807) is 0 Å². The molecule has 0 amide bonds. The summed E-state index contributed by atoms with van der Waals surface area (Å²) in [6, 6.07) is 3.26. The van der Waals surface area contributed by atoms with Gasteiger partial charge in [0.15, 0.2) is 5.69 Å². The monoisotopic (exact) mass is 347 g/mol. The van der Waals surface area contributed by atoms with Crippen LogP contribution in [0.2, 0.25) is 5.02 Å². The molecule has 0 aliphatic carbocycles. The van der Waals surface area contributed by atoms with Gasteiger partial charge < -0.3 is 5.11 Å². The molecule has 0 fully saturated rings. The van der Waals surface area contributed by atoms with Crippen LogP contribution in [0.1, 0.15) is 35.6 Å². The molecule has 0 aliphatic rings. The van der Waals surface area contributed by atoms with Crippen molar-refractivity contribution in [2.45, 2.75) is 26.4 Å². The molecule has 0 atom stereocenters. The Balaban J connectivity index is 2.61. The van der Waals surface area contributed by atoms with E-state index in [-0.39, 0.29) is 23.0 Å². The van der Waals surface area contributed by atoms with E-state index in [0.717, 1.165) is 16.8 Å².